The predicted octanol–water partition coefficient (Wildman–Crippen LogP) is 4.35. The molecule has 1 saturated heterocycles. The van der Waals surface area contributed by atoms with Crippen LogP contribution in [-0.4, -0.2) is 29.7 Å². The number of halogens is 3. The van der Waals surface area contributed by atoms with Crippen molar-refractivity contribution in [2.24, 2.45) is 10.8 Å². The van der Waals surface area contributed by atoms with Gasteiger partial charge in [0.2, 0.25) is 5.91 Å². The average molecular weight is 366 g/mol. The van der Waals surface area contributed by atoms with Gasteiger partial charge in [0.1, 0.15) is 6.04 Å². The molecule has 0 radical (unpaired) electrons. The summed E-state index contributed by atoms with van der Waals surface area (Å²) in [6.07, 6.45) is 0.397. The van der Waals surface area contributed by atoms with Gasteiger partial charge in [0, 0.05) is 12.0 Å². The lowest BCUT2D eigenvalue weighted by molar-refractivity contribution is -0.215. The van der Waals surface area contributed by atoms with Gasteiger partial charge < -0.3 is 0 Å². The summed E-state index contributed by atoms with van der Waals surface area (Å²) in [5.74, 6) is -0.362. The van der Waals surface area contributed by atoms with Crippen LogP contribution in [0.25, 0.3) is 6.08 Å². The van der Waals surface area contributed by atoms with E-state index in [1.165, 1.54) is 0 Å². The minimum Gasteiger partial charge on any atom is -0.288 e. The van der Waals surface area contributed by atoms with E-state index in [2.05, 4.69) is 5.43 Å². The van der Waals surface area contributed by atoms with Crippen LogP contribution in [0.4, 0.5) is 13.2 Å². The fraction of sp³-hybridized carbons (Fsp3) is 0.550. The van der Waals surface area contributed by atoms with E-state index >= 15 is 0 Å². The molecule has 0 spiro atoms. The number of hydrogen-bond donors (Lipinski definition) is 1. The van der Waals surface area contributed by atoms with E-state index in [1.807, 2.05) is 31.2 Å². The van der Waals surface area contributed by atoms with Crippen molar-refractivity contribution in [1.82, 2.24) is 10.4 Å². The van der Waals surface area contributed by atoms with Gasteiger partial charge in [-0.25, -0.2) is 5.01 Å². The van der Waals surface area contributed by atoms with Crippen molar-refractivity contribution in [3.05, 3.63) is 41.5 Å². The minimum atomic E-state index is -4.46. The maximum absolute atomic E-state index is 14.3. The van der Waals surface area contributed by atoms with Gasteiger partial charge >= 0.3 is 6.18 Å². The second-order valence-electron chi connectivity index (χ2n) is 8.09. The van der Waals surface area contributed by atoms with E-state index in [0.29, 0.717) is 19.3 Å². The molecule has 1 aliphatic heterocycles. The van der Waals surface area contributed by atoms with Crippen molar-refractivity contribution in [2.45, 2.75) is 52.3 Å². The molecule has 2 atom stereocenters. The Balaban J connectivity index is 2.05. The molecule has 3 rings (SSSR count). The molecule has 1 amide bonds. The van der Waals surface area contributed by atoms with Gasteiger partial charge in [0.25, 0.3) is 0 Å². The molecular formula is C20H25F3N2O. The summed E-state index contributed by atoms with van der Waals surface area (Å²) in [6, 6.07) is 5.80. The Bertz CT molecular complexity index is 726. The van der Waals surface area contributed by atoms with Gasteiger partial charge in [-0.2, -0.15) is 13.2 Å². The second-order valence-corrected chi connectivity index (χ2v) is 8.09. The molecular weight excluding hydrogens is 341 g/mol. The lowest BCUT2D eigenvalue weighted by Gasteiger charge is -2.45. The van der Waals surface area contributed by atoms with Crippen LogP contribution in [0.5, 0.6) is 0 Å². The van der Waals surface area contributed by atoms with Gasteiger partial charge in [0.15, 0.2) is 0 Å². The van der Waals surface area contributed by atoms with E-state index in [9.17, 15) is 18.0 Å². The molecule has 142 valence electrons. The Hall–Kier alpha value is -1.82. The van der Waals surface area contributed by atoms with Gasteiger partial charge in [-0.15, -0.1) is 0 Å². The molecule has 0 saturated carbocycles. The number of carbonyl (C=O) groups excluding carboxylic acids is 1. The molecule has 1 aromatic carbocycles. The third-order valence-electron chi connectivity index (χ3n) is 5.48. The van der Waals surface area contributed by atoms with Gasteiger partial charge in [0.05, 0.1) is 5.41 Å². The second kappa shape index (κ2) is 6.41. The number of alkyl halides is 3. The summed E-state index contributed by atoms with van der Waals surface area (Å²) in [4.78, 5) is 12.1. The first kappa shape index (κ1) is 19.0. The fourth-order valence-corrected chi connectivity index (χ4v) is 4.28. The topological polar surface area (TPSA) is 32.3 Å². The van der Waals surface area contributed by atoms with Gasteiger partial charge in [-0.05, 0) is 37.8 Å². The molecule has 6 heteroatoms. The summed E-state index contributed by atoms with van der Waals surface area (Å²) in [7, 11) is 0. The van der Waals surface area contributed by atoms with Crippen LogP contribution < -0.4 is 5.43 Å². The normalized spacial score (nSPS) is 26.5. The van der Waals surface area contributed by atoms with E-state index in [0.717, 1.165) is 16.1 Å². The molecule has 2 aliphatic rings. The lowest BCUT2D eigenvalue weighted by atomic mass is 9.68. The Morgan fingerprint density at radius 3 is 2.54 bits per heavy atom. The molecule has 1 unspecified atom stereocenters. The number of hydrogen-bond acceptors (Lipinski definition) is 2. The van der Waals surface area contributed by atoms with Crippen LogP contribution in [0.3, 0.4) is 0 Å². The van der Waals surface area contributed by atoms with Crippen molar-refractivity contribution in [1.29, 1.82) is 0 Å². The first-order valence-corrected chi connectivity index (χ1v) is 9.01. The molecule has 1 aromatic rings. The Morgan fingerprint density at radius 2 is 1.96 bits per heavy atom. The number of benzene rings is 1. The quantitative estimate of drug-likeness (QED) is 0.859. The molecule has 1 aliphatic carbocycles. The summed E-state index contributed by atoms with van der Waals surface area (Å²) in [5.41, 5.74) is 2.44. The molecule has 1 N–H and O–H groups in total. The highest BCUT2D eigenvalue weighted by atomic mass is 19.4. The van der Waals surface area contributed by atoms with Crippen molar-refractivity contribution < 1.29 is 18.0 Å². The Kier molecular flexibility index (Phi) is 4.67. The molecule has 1 fully saturated rings. The van der Waals surface area contributed by atoms with Crippen LogP contribution in [0.2, 0.25) is 0 Å². The first-order chi connectivity index (χ1) is 12.1. The summed E-state index contributed by atoms with van der Waals surface area (Å²) < 4.78 is 42.8. The summed E-state index contributed by atoms with van der Waals surface area (Å²) in [5, 5.41) is 1.12. The van der Waals surface area contributed by atoms with E-state index in [1.54, 1.807) is 26.0 Å². The monoisotopic (exact) mass is 366 g/mol. The summed E-state index contributed by atoms with van der Waals surface area (Å²) in [6.45, 7) is 5.29. The molecule has 1 heterocycles. The van der Waals surface area contributed by atoms with Gasteiger partial charge in [-0.3, -0.25) is 10.2 Å². The zero-order valence-corrected chi connectivity index (χ0v) is 15.4. The van der Waals surface area contributed by atoms with E-state index < -0.39 is 23.0 Å². The number of amides is 1. The minimum absolute atomic E-state index is 0.0387. The smallest absolute Gasteiger partial charge is 0.288 e. The lowest BCUT2D eigenvalue weighted by Crippen LogP contribution is -2.59. The number of rotatable bonds is 4. The molecule has 0 bridgehead atoms. The maximum atomic E-state index is 14.3. The number of nitrogens with one attached hydrogen (secondary N) is 1. The van der Waals surface area contributed by atoms with E-state index in [-0.39, 0.29) is 12.5 Å². The standard InChI is InChI=1S/C20H25F3N2O/c1-4-10-19(11-9-14-7-5-6-8-15(14)12-19)16(20(21,22)23)25-13-18(2,3)17(26)24-25/h5-9,11,16H,4,10,12-13H2,1-3H3,(H,24,26)/t16-,19?/m0/s1. The van der Waals surface area contributed by atoms with Crippen LogP contribution in [-0.2, 0) is 11.2 Å². The van der Waals surface area contributed by atoms with Crippen molar-refractivity contribution in [3.8, 4) is 0 Å². The number of hydrazine groups is 1. The van der Waals surface area contributed by atoms with Crippen molar-refractivity contribution in [2.75, 3.05) is 6.54 Å². The van der Waals surface area contributed by atoms with Crippen LogP contribution in [0, 0.1) is 10.8 Å². The Labute approximate surface area is 152 Å². The SMILES string of the molecule is CCCC1([C@H](N2CC(C)(C)C(=O)N2)C(F)(F)F)C=Cc2ccccc2C1. The maximum Gasteiger partial charge on any atom is 0.406 e. The molecule has 3 nitrogen and oxygen atoms in total. The van der Waals surface area contributed by atoms with Gasteiger partial charge in [-0.1, -0.05) is 49.8 Å². The molecule has 26 heavy (non-hydrogen) atoms. The predicted molar refractivity (Wildman–Crippen MR) is 95.0 cm³/mol. The van der Waals surface area contributed by atoms with E-state index in [4.69, 9.17) is 0 Å². The third-order valence-corrected chi connectivity index (χ3v) is 5.48. The number of fused-ring (bicyclic) bond motifs is 1. The highest BCUT2D eigenvalue weighted by Crippen LogP contribution is 2.48. The fourth-order valence-electron chi connectivity index (χ4n) is 4.28. The highest BCUT2D eigenvalue weighted by Gasteiger charge is 2.58. The third kappa shape index (κ3) is 3.27. The first-order valence-electron chi connectivity index (χ1n) is 9.01. The van der Waals surface area contributed by atoms with Crippen molar-refractivity contribution >= 4 is 12.0 Å². The van der Waals surface area contributed by atoms with Crippen LogP contribution in [0.15, 0.2) is 30.3 Å². The zero-order chi connectivity index (χ0) is 19.2. The zero-order valence-electron chi connectivity index (χ0n) is 15.4. The molecule has 0 aromatic heterocycles. The number of nitrogens with zero attached hydrogens (tertiary/aromatic N) is 1. The summed E-state index contributed by atoms with van der Waals surface area (Å²) >= 11 is 0. The average Bonchev–Trinajstić information content (AvgIpc) is 2.78. The van der Waals surface area contributed by atoms with Crippen LogP contribution in [0.1, 0.15) is 44.7 Å². The largest absolute Gasteiger partial charge is 0.406 e. The Morgan fingerprint density at radius 1 is 1.27 bits per heavy atom. The highest BCUT2D eigenvalue weighted by molar-refractivity contribution is 5.83. The van der Waals surface area contributed by atoms with Crippen LogP contribution >= 0.6 is 0 Å². The van der Waals surface area contributed by atoms with Crippen molar-refractivity contribution in [3.63, 3.8) is 0 Å². The number of carbonyl (C=O) groups is 1.